The van der Waals surface area contributed by atoms with E-state index in [2.05, 4.69) is 20.9 Å². The first-order valence-electron chi connectivity index (χ1n) is 6.54. The van der Waals surface area contributed by atoms with Crippen LogP contribution in [0.1, 0.15) is 38.4 Å². The van der Waals surface area contributed by atoms with Crippen molar-refractivity contribution in [2.24, 2.45) is 5.41 Å². The number of methoxy groups -OCH3 is 1. The van der Waals surface area contributed by atoms with Gasteiger partial charge in [0.15, 0.2) is 4.32 Å². The van der Waals surface area contributed by atoms with Gasteiger partial charge >= 0.3 is 11.9 Å². The standard InChI is InChI=1S/C14H20BrNO4S/c1-6-20-12(18)14(4,15)9-8-21-10(16-9)7-13(2,3)11(17)19-5/h8H,6-7H2,1-5H3. The molecule has 1 rings (SSSR count). The monoisotopic (exact) mass is 377 g/mol. The third-order valence-corrected chi connectivity index (χ3v) is 4.60. The number of aromatic nitrogens is 1. The molecule has 0 aliphatic heterocycles. The van der Waals surface area contributed by atoms with Crippen LogP contribution in [0.25, 0.3) is 0 Å². The van der Waals surface area contributed by atoms with Crippen LogP contribution in [-0.4, -0.2) is 30.6 Å². The third kappa shape index (κ3) is 4.26. The third-order valence-electron chi connectivity index (χ3n) is 3.02. The molecule has 1 aromatic heterocycles. The van der Waals surface area contributed by atoms with E-state index >= 15 is 0 Å². The van der Waals surface area contributed by atoms with Crippen molar-refractivity contribution < 1.29 is 19.1 Å². The van der Waals surface area contributed by atoms with E-state index in [4.69, 9.17) is 9.47 Å². The summed E-state index contributed by atoms with van der Waals surface area (Å²) in [6.07, 6.45) is 0.455. The molecule has 1 heterocycles. The van der Waals surface area contributed by atoms with Crippen LogP contribution >= 0.6 is 27.3 Å². The van der Waals surface area contributed by atoms with Crippen LogP contribution in [0.4, 0.5) is 0 Å². The molecule has 0 spiro atoms. The van der Waals surface area contributed by atoms with E-state index in [0.29, 0.717) is 18.7 Å². The predicted molar refractivity (Wildman–Crippen MR) is 84.5 cm³/mol. The number of esters is 2. The lowest BCUT2D eigenvalue weighted by molar-refractivity contribution is -0.150. The van der Waals surface area contributed by atoms with Gasteiger partial charge in [-0.1, -0.05) is 15.9 Å². The average molecular weight is 378 g/mol. The number of ether oxygens (including phenoxy) is 2. The number of halogens is 1. The van der Waals surface area contributed by atoms with E-state index < -0.39 is 9.74 Å². The van der Waals surface area contributed by atoms with Crippen molar-refractivity contribution in [1.82, 2.24) is 4.98 Å². The lowest BCUT2D eigenvalue weighted by Crippen LogP contribution is -2.29. The summed E-state index contributed by atoms with van der Waals surface area (Å²) in [5, 5.41) is 2.57. The molecule has 7 heteroatoms. The fourth-order valence-electron chi connectivity index (χ4n) is 1.71. The summed E-state index contributed by atoms with van der Waals surface area (Å²) in [6.45, 7) is 7.38. The molecule has 0 saturated heterocycles. The van der Waals surface area contributed by atoms with Gasteiger partial charge in [-0.05, 0) is 27.7 Å². The predicted octanol–water partition coefficient (Wildman–Crippen LogP) is 3.06. The number of nitrogens with zero attached hydrogens (tertiary/aromatic N) is 1. The molecular formula is C14H20BrNO4S. The Hall–Kier alpha value is -0.950. The molecule has 0 saturated carbocycles. The maximum absolute atomic E-state index is 11.9. The quantitative estimate of drug-likeness (QED) is 0.562. The van der Waals surface area contributed by atoms with Gasteiger partial charge < -0.3 is 9.47 Å². The minimum Gasteiger partial charge on any atom is -0.469 e. The fourth-order valence-corrected chi connectivity index (χ4v) is 3.31. The molecule has 118 valence electrons. The van der Waals surface area contributed by atoms with E-state index in [1.165, 1.54) is 18.4 Å². The lowest BCUT2D eigenvalue weighted by atomic mass is 9.90. The van der Waals surface area contributed by atoms with E-state index in [1.54, 1.807) is 33.1 Å². The molecule has 0 aromatic carbocycles. The summed E-state index contributed by atoms with van der Waals surface area (Å²) in [5.41, 5.74) is -0.0714. The average Bonchev–Trinajstić information content (AvgIpc) is 2.86. The molecule has 21 heavy (non-hydrogen) atoms. The van der Waals surface area contributed by atoms with Crippen LogP contribution in [0.5, 0.6) is 0 Å². The molecule has 0 aliphatic rings. The molecule has 0 bridgehead atoms. The minimum absolute atomic E-state index is 0.286. The van der Waals surface area contributed by atoms with Crippen molar-refractivity contribution >= 4 is 39.2 Å². The molecular weight excluding hydrogens is 358 g/mol. The number of thiazole rings is 1. The summed E-state index contributed by atoms with van der Waals surface area (Å²) in [5.74, 6) is -0.666. The maximum Gasteiger partial charge on any atom is 0.328 e. The van der Waals surface area contributed by atoms with Crippen molar-refractivity contribution in [3.8, 4) is 0 Å². The van der Waals surface area contributed by atoms with E-state index in [-0.39, 0.29) is 11.9 Å². The minimum atomic E-state index is -0.979. The number of rotatable bonds is 6. The Morgan fingerprint density at radius 2 is 1.95 bits per heavy atom. The molecule has 1 unspecified atom stereocenters. The van der Waals surface area contributed by atoms with E-state index in [9.17, 15) is 9.59 Å². The highest BCUT2D eigenvalue weighted by molar-refractivity contribution is 9.10. The molecule has 0 radical (unpaired) electrons. The van der Waals surface area contributed by atoms with E-state index in [1.807, 2.05) is 0 Å². The molecule has 0 aliphatic carbocycles. The van der Waals surface area contributed by atoms with Crippen molar-refractivity contribution in [3.05, 3.63) is 16.1 Å². The zero-order chi connectivity index (χ0) is 16.3. The smallest absolute Gasteiger partial charge is 0.328 e. The van der Waals surface area contributed by atoms with Gasteiger partial charge in [0.05, 0.1) is 29.8 Å². The van der Waals surface area contributed by atoms with Crippen molar-refractivity contribution in [3.63, 3.8) is 0 Å². The second-order valence-corrected chi connectivity index (χ2v) is 7.93. The number of hydrogen-bond acceptors (Lipinski definition) is 6. The van der Waals surface area contributed by atoms with Gasteiger partial charge in [0.2, 0.25) is 0 Å². The summed E-state index contributed by atoms with van der Waals surface area (Å²) >= 11 is 4.78. The molecule has 5 nitrogen and oxygen atoms in total. The normalized spacial score (nSPS) is 14.4. The molecule has 0 amide bonds. The second-order valence-electron chi connectivity index (χ2n) is 5.40. The van der Waals surface area contributed by atoms with Gasteiger partial charge in [-0.3, -0.25) is 9.59 Å². The molecule has 0 N–H and O–H groups in total. The van der Waals surface area contributed by atoms with Gasteiger partial charge in [-0.25, -0.2) is 4.98 Å². The largest absolute Gasteiger partial charge is 0.469 e. The highest BCUT2D eigenvalue weighted by atomic mass is 79.9. The Labute approximate surface area is 137 Å². The van der Waals surface area contributed by atoms with Crippen LogP contribution in [0.3, 0.4) is 0 Å². The SMILES string of the molecule is CCOC(=O)C(C)(Br)c1csc(CC(C)(C)C(=O)OC)n1. The van der Waals surface area contributed by atoms with Crippen molar-refractivity contribution in [2.75, 3.05) is 13.7 Å². The number of hydrogen-bond donors (Lipinski definition) is 0. The highest BCUT2D eigenvalue weighted by Gasteiger charge is 2.37. The molecule has 0 fully saturated rings. The first kappa shape index (κ1) is 18.1. The van der Waals surface area contributed by atoms with Gasteiger partial charge in [-0.15, -0.1) is 11.3 Å². The number of carbonyl (C=O) groups excluding carboxylic acids is 2. The van der Waals surface area contributed by atoms with Crippen molar-refractivity contribution in [1.29, 1.82) is 0 Å². The van der Waals surface area contributed by atoms with Crippen molar-refractivity contribution in [2.45, 2.75) is 38.4 Å². The summed E-state index contributed by atoms with van der Waals surface area (Å²) < 4.78 is 8.84. The van der Waals surface area contributed by atoms with Gasteiger partial charge in [0.25, 0.3) is 0 Å². The van der Waals surface area contributed by atoms with Gasteiger partial charge in [0.1, 0.15) is 0 Å². The molecule has 1 atom stereocenters. The number of alkyl halides is 1. The lowest BCUT2D eigenvalue weighted by Gasteiger charge is -2.20. The highest BCUT2D eigenvalue weighted by Crippen LogP contribution is 2.34. The topological polar surface area (TPSA) is 65.5 Å². The Kier molecular flexibility index (Phi) is 5.92. The maximum atomic E-state index is 11.9. The zero-order valence-corrected chi connectivity index (χ0v) is 15.3. The van der Waals surface area contributed by atoms with Crippen LogP contribution in [0.15, 0.2) is 5.38 Å². The molecule has 1 aromatic rings. The van der Waals surface area contributed by atoms with Crippen LogP contribution in [0.2, 0.25) is 0 Å². The van der Waals surface area contributed by atoms with E-state index in [0.717, 1.165) is 5.01 Å². The van der Waals surface area contributed by atoms with Crippen LogP contribution in [0, 0.1) is 5.41 Å². The second kappa shape index (κ2) is 6.87. The van der Waals surface area contributed by atoms with Crippen LogP contribution in [-0.2, 0) is 29.8 Å². The Morgan fingerprint density at radius 3 is 2.48 bits per heavy atom. The summed E-state index contributed by atoms with van der Waals surface area (Å²) in [4.78, 5) is 28.1. The first-order chi connectivity index (χ1) is 9.65. The summed E-state index contributed by atoms with van der Waals surface area (Å²) in [6, 6.07) is 0. The van der Waals surface area contributed by atoms with Gasteiger partial charge in [-0.2, -0.15) is 0 Å². The Bertz CT molecular complexity index is 525. The fraction of sp³-hybridized carbons (Fsp3) is 0.643. The Morgan fingerprint density at radius 1 is 1.33 bits per heavy atom. The van der Waals surface area contributed by atoms with Gasteiger partial charge in [0, 0.05) is 11.8 Å². The summed E-state index contributed by atoms with van der Waals surface area (Å²) in [7, 11) is 1.37. The first-order valence-corrected chi connectivity index (χ1v) is 8.21. The number of carbonyl (C=O) groups is 2. The van der Waals surface area contributed by atoms with Crippen LogP contribution < -0.4 is 0 Å². The Balaban J connectivity index is 2.91. The zero-order valence-electron chi connectivity index (χ0n) is 12.9.